The second-order valence-corrected chi connectivity index (χ2v) is 6.97. The van der Waals surface area contributed by atoms with Crippen LogP contribution in [-0.2, 0) is 0 Å². The third-order valence-corrected chi connectivity index (χ3v) is 3.82. The molecule has 0 aromatic heterocycles. The minimum Gasteiger partial charge on any atom is -0.497 e. The molecule has 0 heterocycles. The summed E-state index contributed by atoms with van der Waals surface area (Å²) < 4.78 is 24.4. The van der Waals surface area contributed by atoms with Crippen LogP contribution in [0.3, 0.4) is 0 Å². The van der Waals surface area contributed by atoms with E-state index < -0.39 is 23.4 Å². The third kappa shape index (κ3) is 4.78. The fourth-order valence-corrected chi connectivity index (χ4v) is 2.60. The van der Waals surface area contributed by atoms with Crippen molar-refractivity contribution in [1.82, 2.24) is 5.32 Å². The number of hydrogen-bond acceptors (Lipinski definition) is 4. The van der Waals surface area contributed by atoms with Crippen LogP contribution in [0.2, 0.25) is 0 Å². The number of halogens is 1. The van der Waals surface area contributed by atoms with Crippen LogP contribution in [-0.4, -0.2) is 18.3 Å². The van der Waals surface area contributed by atoms with Crippen molar-refractivity contribution in [1.29, 1.82) is 0 Å². The highest BCUT2D eigenvalue weighted by molar-refractivity contribution is 5.66. The molecule has 1 unspecified atom stereocenters. The van der Waals surface area contributed by atoms with Crippen LogP contribution < -0.4 is 20.5 Å². The molecule has 140 valence electrons. The fraction of sp³-hybridized carbons (Fsp3) is 0.316. The monoisotopic (exact) mass is 362 g/mol. The number of nitrogen functional groups attached to an aromatic ring is 1. The summed E-state index contributed by atoms with van der Waals surface area (Å²) in [4.78, 5) is 11.2. The van der Waals surface area contributed by atoms with Crippen LogP contribution in [0, 0.1) is 11.2 Å². The molecule has 0 spiro atoms. The van der Waals surface area contributed by atoms with Gasteiger partial charge in [-0.1, -0.05) is 20.8 Å². The SMILES string of the molecule is COc1cc(F)cc(Oc2ccc(N)c(C(NC(=O)O)C(C)(C)C)c2)c1. The van der Waals surface area contributed by atoms with Crippen molar-refractivity contribution >= 4 is 11.8 Å². The average molecular weight is 362 g/mol. The van der Waals surface area contributed by atoms with Gasteiger partial charge in [-0.3, -0.25) is 0 Å². The summed E-state index contributed by atoms with van der Waals surface area (Å²) in [5.74, 6) is 0.505. The van der Waals surface area contributed by atoms with Gasteiger partial charge in [-0.05, 0) is 23.6 Å². The molecule has 26 heavy (non-hydrogen) atoms. The second-order valence-electron chi connectivity index (χ2n) is 6.97. The smallest absolute Gasteiger partial charge is 0.405 e. The van der Waals surface area contributed by atoms with Gasteiger partial charge in [-0.25, -0.2) is 9.18 Å². The minimum atomic E-state index is -1.15. The highest BCUT2D eigenvalue weighted by atomic mass is 19.1. The highest BCUT2D eigenvalue weighted by Gasteiger charge is 2.29. The number of nitrogens with two attached hydrogens (primary N) is 1. The lowest BCUT2D eigenvalue weighted by molar-refractivity contribution is 0.175. The number of benzene rings is 2. The lowest BCUT2D eigenvalue weighted by Gasteiger charge is -2.32. The Morgan fingerprint density at radius 1 is 1.15 bits per heavy atom. The van der Waals surface area contributed by atoms with Crippen LogP contribution in [0.1, 0.15) is 32.4 Å². The predicted octanol–water partition coefficient (Wildman–Crippen LogP) is 4.56. The molecule has 2 aromatic carbocycles. The largest absolute Gasteiger partial charge is 0.497 e. The zero-order valence-electron chi connectivity index (χ0n) is 15.2. The van der Waals surface area contributed by atoms with Crippen LogP contribution >= 0.6 is 0 Å². The van der Waals surface area contributed by atoms with E-state index in [9.17, 15) is 9.18 Å². The second kappa shape index (κ2) is 7.51. The summed E-state index contributed by atoms with van der Waals surface area (Å²) in [5.41, 5.74) is 6.65. The van der Waals surface area contributed by atoms with Crippen molar-refractivity contribution < 1.29 is 23.8 Å². The Balaban J connectivity index is 2.40. The number of methoxy groups -OCH3 is 1. The van der Waals surface area contributed by atoms with Gasteiger partial charge in [-0.15, -0.1) is 0 Å². The van der Waals surface area contributed by atoms with E-state index in [0.29, 0.717) is 22.7 Å². The summed E-state index contributed by atoms with van der Waals surface area (Å²) in [6, 6.07) is 8.39. The molecule has 2 rings (SSSR count). The molecule has 6 nitrogen and oxygen atoms in total. The maximum absolute atomic E-state index is 13.6. The lowest BCUT2D eigenvalue weighted by Crippen LogP contribution is -2.36. The van der Waals surface area contributed by atoms with Crippen molar-refractivity contribution in [2.24, 2.45) is 5.41 Å². The van der Waals surface area contributed by atoms with Crippen molar-refractivity contribution in [2.45, 2.75) is 26.8 Å². The van der Waals surface area contributed by atoms with Gasteiger partial charge in [0.25, 0.3) is 0 Å². The first-order valence-electron chi connectivity index (χ1n) is 8.01. The number of amides is 1. The number of hydrogen-bond donors (Lipinski definition) is 3. The zero-order chi connectivity index (χ0) is 19.5. The maximum Gasteiger partial charge on any atom is 0.405 e. The van der Waals surface area contributed by atoms with Gasteiger partial charge in [0.2, 0.25) is 0 Å². The minimum absolute atomic E-state index is 0.260. The maximum atomic E-state index is 13.6. The molecular formula is C19H23FN2O4. The molecule has 0 bridgehead atoms. The van der Waals surface area contributed by atoms with Gasteiger partial charge in [0.1, 0.15) is 23.1 Å². The zero-order valence-corrected chi connectivity index (χ0v) is 15.2. The quantitative estimate of drug-likeness (QED) is 0.678. The molecule has 0 aliphatic carbocycles. The van der Waals surface area contributed by atoms with Crippen LogP contribution in [0.15, 0.2) is 36.4 Å². The topological polar surface area (TPSA) is 93.8 Å². The van der Waals surface area contributed by atoms with E-state index in [2.05, 4.69) is 5.32 Å². The summed E-state index contributed by atoms with van der Waals surface area (Å²) in [6.45, 7) is 5.70. The van der Waals surface area contributed by atoms with E-state index in [0.717, 1.165) is 0 Å². The first-order chi connectivity index (χ1) is 12.1. The number of rotatable bonds is 5. The van der Waals surface area contributed by atoms with Gasteiger partial charge in [0, 0.05) is 29.4 Å². The molecule has 0 radical (unpaired) electrons. The molecule has 2 aromatic rings. The van der Waals surface area contributed by atoms with E-state index in [1.807, 2.05) is 20.8 Å². The van der Waals surface area contributed by atoms with Gasteiger partial charge < -0.3 is 25.6 Å². The molecular weight excluding hydrogens is 339 g/mol. The molecule has 0 aliphatic heterocycles. The molecule has 0 saturated heterocycles. The van der Waals surface area contributed by atoms with Crippen molar-refractivity contribution in [2.75, 3.05) is 12.8 Å². The Morgan fingerprint density at radius 2 is 1.81 bits per heavy atom. The number of carboxylic acid groups (broad SMARTS) is 1. The van der Waals surface area contributed by atoms with E-state index >= 15 is 0 Å². The molecule has 1 atom stereocenters. The van der Waals surface area contributed by atoms with Gasteiger partial charge in [0.15, 0.2) is 0 Å². The summed E-state index contributed by atoms with van der Waals surface area (Å²) in [5, 5.41) is 11.6. The molecule has 0 aliphatic rings. The number of ether oxygens (including phenoxy) is 2. The number of nitrogens with one attached hydrogen (secondary N) is 1. The molecule has 4 N–H and O–H groups in total. The Bertz CT molecular complexity index is 803. The Labute approximate surface area is 151 Å². The van der Waals surface area contributed by atoms with E-state index in [-0.39, 0.29) is 5.75 Å². The molecule has 1 amide bonds. The van der Waals surface area contributed by atoms with Crippen molar-refractivity contribution in [3.63, 3.8) is 0 Å². The molecule has 7 heteroatoms. The first kappa shape index (κ1) is 19.4. The van der Waals surface area contributed by atoms with Crippen molar-refractivity contribution in [3.05, 3.63) is 47.8 Å². The molecule has 0 saturated carbocycles. The van der Waals surface area contributed by atoms with Crippen LogP contribution in [0.4, 0.5) is 14.9 Å². The molecule has 0 fully saturated rings. The van der Waals surface area contributed by atoms with Crippen LogP contribution in [0.25, 0.3) is 0 Å². The fourth-order valence-electron chi connectivity index (χ4n) is 2.60. The Morgan fingerprint density at radius 3 is 2.38 bits per heavy atom. The predicted molar refractivity (Wildman–Crippen MR) is 97.2 cm³/mol. The first-order valence-corrected chi connectivity index (χ1v) is 8.01. The van der Waals surface area contributed by atoms with Gasteiger partial charge in [-0.2, -0.15) is 0 Å². The summed E-state index contributed by atoms with van der Waals surface area (Å²) in [6.07, 6.45) is -1.15. The highest BCUT2D eigenvalue weighted by Crippen LogP contribution is 2.38. The Hall–Kier alpha value is -2.96. The van der Waals surface area contributed by atoms with Gasteiger partial charge in [0.05, 0.1) is 13.2 Å². The number of anilines is 1. The number of carbonyl (C=O) groups is 1. The normalized spacial score (nSPS) is 12.3. The third-order valence-electron chi connectivity index (χ3n) is 3.82. The summed E-state index contributed by atoms with van der Waals surface area (Å²) in [7, 11) is 1.44. The van der Waals surface area contributed by atoms with E-state index in [1.165, 1.54) is 19.2 Å². The van der Waals surface area contributed by atoms with E-state index in [4.69, 9.17) is 20.3 Å². The van der Waals surface area contributed by atoms with Crippen molar-refractivity contribution in [3.8, 4) is 17.2 Å². The summed E-state index contributed by atoms with van der Waals surface area (Å²) >= 11 is 0. The van der Waals surface area contributed by atoms with Gasteiger partial charge >= 0.3 is 6.09 Å². The Kier molecular flexibility index (Phi) is 5.59. The standard InChI is InChI=1S/C19H23FN2O4/c1-19(2,3)17(22-18(23)24)15-10-12(5-6-16(15)21)26-14-8-11(20)7-13(9-14)25-4/h5-10,17,22H,21H2,1-4H3,(H,23,24). The van der Waals surface area contributed by atoms with E-state index in [1.54, 1.807) is 24.3 Å². The van der Waals surface area contributed by atoms with Crippen LogP contribution in [0.5, 0.6) is 17.2 Å². The average Bonchev–Trinajstić information content (AvgIpc) is 2.53. The lowest BCUT2D eigenvalue weighted by atomic mass is 9.81.